The van der Waals surface area contributed by atoms with Crippen LogP contribution in [0.3, 0.4) is 0 Å². The van der Waals surface area contributed by atoms with Gasteiger partial charge in [0.05, 0.1) is 6.54 Å². The summed E-state index contributed by atoms with van der Waals surface area (Å²) in [5.74, 6) is 0.156. The third kappa shape index (κ3) is 3.64. The Morgan fingerprint density at radius 2 is 1.56 bits per heavy atom. The van der Waals surface area contributed by atoms with E-state index in [1.165, 1.54) is 0 Å². The summed E-state index contributed by atoms with van der Waals surface area (Å²) >= 11 is 0. The lowest BCUT2D eigenvalue weighted by atomic mass is 10.1. The Morgan fingerprint density at radius 3 is 1.94 bits per heavy atom. The van der Waals surface area contributed by atoms with Gasteiger partial charge < -0.3 is 15.5 Å². The maximum absolute atomic E-state index is 11.6. The van der Waals surface area contributed by atoms with Crippen molar-refractivity contribution in [3.05, 3.63) is 0 Å². The molecule has 1 rings (SSSR count). The molecule has 1 saturated heterocycles. The molecular weight excluding hydrogens is 230 g/mol. The van der Waals surface area contributed by atoms with E-state index in [0.29, 0.717) is 26.2 Å². The first kappa shape index (κ1) is 15.2. The molecular formula is C10H20ClN3O2. The SMILES string of the molecule is CC(C)C(=O)N1CCN(C(=O)CN)CC1.Cl. The maximum atomic E-state index is 11.6. The van der Waals surface area contributed by atoms with Gasteiger partial charge in [0.25, 0.3) is 0 Å². The molecule has 6 heteroatoms. The third-order valence-electron chi connectivity index (χ3n) is 2.61. The van der Waals surface area contributed by atoms with Gasteiger partial charge in [0, 0.05) is 32.1 Å². The lowest BCUT2D eigenvalue weighted by Gasteiger charge is -2.35. The highest BCUT2D eigenvalue weighted by Gasteiger charge is 2.24. The Hall–Kier alpha value is -0.810. The van der Waals surface area contributed by atoms with Crippen LogP contribution in [0.15, 0.2) is 0 Å². The van der Waals surface area contributed by atoms with Gasteiger partial charge in [-0.3, -0.25) is 9.59 Å². The molecule has 0 atom stereocenters. The summed E-state index contributed by atoms with van der Waals surface area (Å²) in [7, 11) is 0. The van der Waals surface area contributed by atoms with E-state index in [1.54, 1.807) is 4.90 Å². The molecule has 0 radical (unpaired) electrons. The fraction of sp³-hybridized carbons (Fsp3) is 0.800. The molecule has 2 N–H and O–H groups in total. The van der Waals surface area contributed by atoms with E-state index in [9.17, 15) is 9.59 Å². The summed E-state index contributed by atoms with van der Waals surface area (Å²) in [6.07, 6.45) is 0. The van der Waals surface area contributed by atoms with Crippen LogP contribution in [0.4, 0.5) is 0 Å². The predicted octanol–water partition coefficient (Wildman–Crippen LogP) is -0.306. The zero-order chi connectivity index (χ0) is 11.4. The first-order valence-electron chi connectivity index (χ1n) is 5.33. The van der Waals surface area contributed by atoms with Crippen molar-refractivity contribution in [2.24, 2.45) is 11.7 Å². The number of nitrogens with zero attached hydrogens (tertiary/aromatic N) is 2. The molecule has 0 aromatic rings. The monoisotopic (exact) mass is 249 g/mol. The largest absolute Gasteiger partial charge is 0.339 e. The van der Waals surface area contributed by atoms with E-state index < -0.39 is 0 Å². The van der Waals surface area contributed by atoms with Crippen molar-refractivity contribution < 1.29 is 9.59 Å². The minimum Gasteiger partial charge on any atom is -0.339 e. The molecule has 1 fully saturated rings. The number of amides is 2. The van der Waals surface area contributed by atoms with E-state index in [1.807, 2.05) is 18.7 Å². The molecule has 0 aromatic carbocycles. The highest BCUT2D eigenvalue weighted by Crippen LogP contribution is 2.06. The molecule has 0 spiro atoms. The van der Waals surface area contributed by atoms with Gasteiger partial charge in [-0.05, 0) is 0 Å². The molecule has 0 unspecified atom stereocenters. The van der Waals surface area contributed by atoms with Gasteiger partial charge in [0.2, 0.25) is 11.8 Å². The Labute approximate surface area is 102 Å². The first-order chi connectivity index (χ1) is 7.06. The summed E-state index contributed by atoms with van der Waals surface area (Å²) in [5, 5.41) is 0. The van der Waals surface area contributed by atoms with Crippen LogP contribution in [0, 0.1) is 5.92 Å². The third-order valence-corrected chi connectivity index (χ3v) is 2.61. The van der Waals surface area contributed by atoms with Gasteiger partial charge in [-0.2, -0.15) is 0 Å². The molecule has 1 heterocycles. The van der Waals surface area contributed by atoms with Crippen molar-refractivity contribution in [2.45, 2.75) is 13.8 Å². The second kappa shape index (κ2) is 6.70. The Kier molecular flexibility index (Phi) is 6.36. The molecule has 5 nitrogen and oxygen atoms in total. The molecule has 2 amide bonds. The molecule has 0 saturated carbocycles. The summed E-state index contributed by atoms with van der Waals surface area (Å²) in [6, 6.07) is 0. The zero-order valence-electron chi connectivity index (χ0n) is 9.81. The fourth-order valence-corrected chi connectivity index (χ4v) is 1.67. The van der Waals surface area contributed by atoms with Gasteiger partial charge in [0.1, 0.15) is 0 Å². The van der Waals surface area contributed by atoms with Gasteiger partial charge in [0.15, 0.2) is 0 Å². The number of hydrogen-bond donors (Lipinski definition) is 1. The second-order valence-electron chi connectivity index (χ2n) is 4.06. The van der Waals surface area contributed by atoms with Crippen LogP contribution in [0.1, 0.15) is 13.8 Å². The standard InChI is InChI=1S/C10H19N3O2.ClH/c1-8(2)10(15)13-5-3-12(4-6-13)9(14)7-11;/h8H,3-7,11H2,1-2H3;1H. The Morgan fingerprint density at radius 1 is 1.12 bits per heavy atom. The Bertz CT molecular complexity index is 250. The van der Waals surface area contributed by atoms with Crippen molar-refractivity contribution in [3.8, 4) is 0 Å². The average molecular weight is 250 g/mol. The van der Waals surface area contributed by atoms with Crippen LogP contribution in [0.5, 0.6) is 0 Å². The van der Waals surface area contributed by atoms with Crippen LogP contribution >= 0.6 is 12.4 Å². The highest BCUT2D eigenvalue weighted by atomic mass is 35.5. The lowest BCUT2D eigenvalue weighted by Crippen LogP contribution is -2.52. The van der Waals surface area contributed by atoms with E-state index in [-0.39, 0.29) is 36.7 Å². The molecule has 0 bridgehead atoms. The van der Waals surface area contributed by atoms with Crippen LogP contribution in [-0.2, 0) is 9.59 Å². The number of carbonyl (C=O) groups is 2. The van der Waals surface area contributed by atoms with Crippen LogP contribution in [0.25, 0.3) is 0 Å². The topological polar surface area (TPSA) is 66.6 Å². The Balaban J connectivity index is 0.00000225. The molecule has 0 aromatic heterocycles. The number of rotatable bonds is 2. The zero-order valence-corrected chi connectivity index (χ0v) is 10.6. The van der Waals surface area contributed by atoms with E-state index in [2.05, 4.69) is 0 Å². The van der Waals surface area contributed by atoms with E-state index in [0.717, 1.165) is 0 Å². The van der Waals surface area contributed by atoms with Gasteiger partial charge in [-0.25, -0.2) is 0 Å². The number of nitrogens with two attached hydrogens (primary N) is 1. The quantitative estimate of drug-likeness (QED) is 0.730. The summed E-state index contributed by atoms with van der Waals surface area (Å²) in [6.45, 7) is 6.30. The molecule has 94 valence electrons. The average Bonchev–Trinajstić information content (AvgIpc) is 2.27. The highest BCUT2D eigenvalue weighted by molar-refractivity contribution is 5.85. The van der Waals surface area contributed by atoms with Crippen LogP contribution < -0.4 is 5.73 Å². The maximum Gasteiger partial charge on any atom is 0.236 e. The molecule has 0 aliphatic carbocycles. The summed E-state index contributed by atoms with van der Waals surface area (Å²) in [5.41, 5.74) is 5.27. The van der Waals surface area contributed by atoms with Crippen LogP contribution in [0.2, 0.25) is 0 Å². The van der Waals surface area contributed by atoms with Crippen molar-refractivity contribution in [3.63, 3.8) is 0 Å². The second-order valence-corrected chi connectivity index (χ2v) is 4.06. The molecule has 16 heavy (non-hydrogen) atoms. The predicted molar refractivity (Wildman–Crippen MR) is 64.3 cm³/mol. The minimum atomic E-state index is -0.0355. The summed E-state index contributed by atoms with van der Waals surface area (Å²) < 4.78 is 0. The van der Waals surface area contributed by atoms with E-state index in [4.69, 9.17) is 5.73 Å². The fourth-order valence-electron chi connectivity index (χ4n) is 1.67. The van der Waals surface area contributed by atoms with Crippen molar-refractivity contribution in [1.29, 1.82) is 0 Å². The van der Waals surface area contributed by atoms with Gasteiger partial charge in [-0.15, -0.1) is 12.4 Å². The number of carbonyl (C=O) groups excluding carboxylic acids is 2. The number of halogens is 1. The van der Waals surface area contributed by atoms with Crippen molar-refractivity contribution in [1.82, 2.24) is 9.80 Å². The minimum absolute atomic E-state index is 0. The smallest absolute Gasteiger partial charge is 0.236 e. The first-order valence-corrected chi connectivity index (χ1v) is 5.33. The normalized spacial score (nSPS) is 16.0. The number of hydrogen-bond acceptors (Lipinski definition) is 3. The summed E-state index contributed by atoms with van der Waals surface area (Å²) in [4.78, 5) is 26.4. The van der Waals surface area contributed by atoms with Crippen LogP contribution in [-0.4, -0.2) is 54.3 Å². The van der Waals surface area contributed by atoms with Crippen molar-refractivity contribution >= 4 is 24.2 Å². The lowest BCUT2D eigenvalue weighted by molar-refractivity contribution is -0.140. The van der Waals surface area contributed by atoms with Gasteiger partial charge >= 0.3 is 0 Å². The molecule has 1 aliphatic heterocycles. The molecule has 1 aliphatic rings. The van der Waals surface area contributed by atoms with E-state index >= 15 is 0 Å². The number of piperazine rings is 1. The van der Waals surface area contributed by atoms with Gasteiger partial charge in [-0.1, -0.05) is 13.8 Å². The van der Waals surface area contributed by atoms with Crippen molar-refractivity contribution in [2.75, 3.05) is 32.7 Å².